The van der Waals surface area contributed by atoms with Crippen LogP contribution < -0.4 is 14.8 Å². The van der Waals surface area contributed by atoms with E-state index in [-0.39, 0.29) is 0 Å². The van der Waals surface area contributed by atoms with Gasteiger partial charge in [0.1, 0.15) is 0 Å². The lowest BCUT2D eigenvalue weighted by Gasteiger charge is -2.18. The predicted molar refractivity (Wildman–Crippen MR) is 124 cm³/mol. The number of hydrogen-bond acceptors (Lipinski definition) is 5. The lowest BCUT2D eigenvalue weighted by molar-refractivity contribution is 0.249. The first-order valence-electron chi connectivity index (χ1n) is 12.4. The molecule has 0 radical (unpaired) electrons. The number of aryl methyl sites for hydroxylation is 1. The van der Waals surface area contributed by atoms with Crippen LogP contribution >= 0.6 is 0 Å². The van der Waals surface area contributed by atoms with Gasteiger partial charge in [-0.1, -0.05) is 0 Å². The third kappa shape index (κ3) is 3.97. The number of nitrogens with zero attached hydrogens (tertiary/aromatic N) is 2. The topological polar surface area (TPSA) is 46.6 Å². The molecule has 31 heavy (non-hydrogen) atoms. The molecule has 1 aromatic heterocycles. The van der Waals surface area contributed by atoms with E-state index in [4.69, 9.17) is 14.5 Å². The molecule has 2 aromatic rings. The number of hydrogen-bond donors (Lipinski definition) is 1. The Kier molecular flexibility index (Phi) is 4.97. The fourth-order valence-electron chi connectivity index (χ4n) is 5.59. The minimum atomic E-state index is 0.708. The molecule has 0 unspecified atom stereocenters. The Balaban J connectivity index is 1.18. The zero-order valence-corrected chi connectivity index (χ0v) is 18.8. The van der Waals surface area contributed by atoms with Gasteiger partial charge in [-0.15, -0.1) is 0 Å². The largest absolute Gasteiger partial charge is 0.493 e. The second-order valence-electron chi connectivity index (χ2n) is 10.3. The Morgan fingerprint density at radius 3 is 2.84 bits per heavy atom. The molecule has 166 valence electrons. The molecule has 6 rings (SSSR count). The van der Waals surface area contributed by atoms with E-state index in [1.807, 2.05) is 0 Å². The molecule has 3 aliphatic carbocycles. The number of nitrogens with one attached hydrogen (secondary N) is 1. The first kappa shape index (κ1) is 19.7. The zero-order valence-electron chi connectivity index (χ0n) is 18.8. The van der Waals surface area contributed by atoms with Crippen molar-refractivity contribution in [2.75, 3.05) is 45.2 Å². The maximum absolute atomic E-state index is 6.22. The predicted octanol–water partition coefficient (Wildman–Crippen LogP) is 4.81. The molecular weight excluding hydrogens is 386 g/mol. The van der Waals surface area contributed by atoms with Crippen LogP contribution in [0.15, 0.2) is 12.1 Å². The Morgan fingerprint density at radius 2 is 2.06 bits per heavy atom. The van der Waals surface area contributed by atoms with Gasteiger partial charge in [-0.05, 0) is 87.3 Å². The van der Waals surface area contributed by atoms with Crippen molar-refractivity contribution in [3.63, 3.8) is 0 Å². The molecule has 2 saturated carbocycles. The van der Waals surface area contributed by atoms with Crippen LogP contribution in [0.4, 0.5) is 5.69 Å². The van der Waals surface area contributed by atoms with Crippen LogP contribution in [0.2, 0.25) is 0 Å². The van der Waals surface area contributed by atoms with Crippen LogP contribution in [0.25, 0.3) is 10.9 Å². The number of rotatable bonds is 9. The second kappa shape index (κ2) is 7.84. The molecule has 1 N–H and O–H groups in total. The van der Waals surface area contributed by atoms with Crippen molar-refractivity contribution in [1.82, 2.24) is 9.88 Å². The summed E-state index contributed by atoms with van der Waals surface area (Å²) in [7, 11) is 1.74. The highest BCUT2D eigenvalue weighted by molar-refractivity contribution is 5.96. The summed E-state index contributed by atoms with van der Waals surface area (Å²) in [6.07, 6.45) is 11.5. The number of pyridine rings is 1. The molecule has 5 nitrogen and oxygen atoms in total. The maximum atomic E-state index is 6.22. The van der Waals surface area contributed by atoms with E-state index in [0.29, 0.717) is 5.41 Å². The van der Waals surface area contributed by atoms with Gasteiger partial charge < -0.3 is 19.7 Å². The van der Waals surface area contributed by atoms with E-state index >= 15 is 0 Å². The molecule has 1 aromatic carbocycles. The number of fused-ring (bicyclic) bond motifs is 2. The van der Waals surface area contributed by atoms with Crippen LogP contribution in [-0.2, 0) is 12.8 Å². The third-order valence-corrected chi connectivity index (χ3v) is 7.91. The first-order valence-corrected chi connectivity index (χ1v) is 12.4. The van der Waals surface area contributed by atoms with Gasteiger partial charge in [0.15, 0.2) is 11.5 Å². The number of benzene rings is 1. The van der Waals surface area contributed by atoms with E-state index in [0.717, 1.165) is 61.9 Å². The summed E-state index contributed by atoms with van der Waals surface area (Å²) >= 11 is 0. The van der Waals surface area contributed by atoms with Crippen molar-refractivity contribution < 1.29 is 9.47 Å². The minimum Gasteiger partial charge on any atom is -0.493 e. The molecule has 5 heteroatoms. The van der Waals surface area contributed by atoms with Crippen LogP contribution in [0.5, 0.6) is 11.5 Å². The zero-order chi connectivity index (χ0) is 20.8. The fourth-order valence-corrected chi connectivity index (χ4v) is 5.59. The average molecular weight is 422 g/mol. The Labute approximate surface area is 185 Å². The van der Waals surface area contributed by atoms with Crippen LogP contribution in [-0.4, -0.2) is 49.8 Å². The fraction of sp³-hybridized carbons (Fsp3) is 0.654. The lowest BCUT2D eigenvalue weighted by Crippen LogP contribution is -2.23. The summed E-state index contributed by atoms with van der Waals surface area (Å²) in [4.78, 5) is 7.65. The van der Waals surface area contributed by atoms with E-state index in [9.17, 15) is 0 Å². The number of aromatic nitrogens is 1. The van der Waals surface area contributed by atoms with Gasteiger partial charge in [-0.2, -0.15) is 0 Å². The van der Waals surface area contributed by atoms with E-state index in [1.54, 1.807) is 7.11 Å². The average Bonchev–Trinajstić information content (AvgIpc) is 3.66. The first-order chi connectivity index (χ1) is 15.2. The Hall–Kier alpha value is -2.01. The molecule has 0 amide bonds. The molecule has 2 heterocycles. The van der Waals surface area contributed by atoms with Crippen LogP contribution in [0, 0.1) is 11.3 Å². The second-order valence-corrected chi connectivity index (χ2v) is 10.3. The summed E-state index contributed by atoms with van der Waals surface area (Å²) in [6, 6.07) is 4.24. The van der Waals surface area contributed by atoms with Crippen molar-refractivity contribution in [3.05, 3.63) is 23.4 Å². The molecule has 0 bridgehead atoms. The van der Waals surface area contributed by atoms with Gasteiger partial charge in [0.25, 0.3) is 0 Å². The standard InChI is InChI=1S/C26H35N3O2/c1-30-23-14-20-22(28-21-5-2-4-19(21)25(20)27-16-18-6-7-18)15-24(23)31-13-3-11-29-12-10-26(17-29)8-9-26/h14-15,18H,2-13,16-17H2,1H3,(H,27,28). The van der Waals surface area contributed by atoms with Gasteiger partial charge in [0.2, 0.25) is 0 Å². The molecular formula is C26H35N3O2. The van der Waals surface area contributed by atoms with Gasteiger partial charge in [-0.25, -0.2) is 0 Å². The molecule has 1 spiro atoms. The normalized spacial score (nSPS) is 21.6. The summed E-state index contributed by atoms with van der Waals surface area (Å²) in [5.41, 5.74) is 5.72. The highest BCUT2D eigenvalue weighted by atomic mass is 16.5. The maximum Gasteiger partial charge on any atom is 0.163 e. The number of methoxy groups -OCH3 is 1. The quantitative estimate of drug-likeness (QED) is 0.589. The van der Waals surface area contributed by atoms with Crippen molar-refractivity contribution >= 4 is 16.6 Å². The van der Waals surface area contributed by atoms with Crippen molar-refractivity contribution in [2.24, 2.45) is 11.3 Å². The monoisotopic (exact) mass is 421 g/mol. The number of ether oxygens (including phenoxy) is 2. The Morgan fingerprint density at radius 1 is 1.16 bits per heavy atom. The smallest absolute Gasteiger partial charge is 0.163 e. The number of anilines is 1. The molecule has 1 aliphatic heterocycles. The van der Waals surface area contributed by atoms with E-state index < -0.39 is 0 Å². The SMILES string of the molecule is COc1cc2c(NCC3CC3)c3c(nc2cc1OCCCN1CCC2(CC2)C1)CCC3. The van der Waals surface area contributed by atoms with Gasteiger partial charge in [0, 0.05) is 42.5 Å². The van der Waals surface area contributed by atoms with Gasteiger partial charge in [0.05, 0.1) is 19.2 Å². The third-order valence-electron chi connectivity index (χ3n) is 7.91. The van der Waals surface area contributed by atoms with Crippen LogP contribution in [0.1, 0.15) is 56.2 Å². The summed E-state index contributed by atoms with van der Waals surface area (Å²) in [5.74, 6) is 2.49. The minimum absolute atomic E-state index is 0.708. The summed E-state index contributed by atoms with van der Waals surface area (Å²) in [5, 5.41) is 4.95. The summed E-state index contributed by atoms with van der Waals surface area (Å²) < 4.78 is 12.0. The van der Waals surface area contributed by atoms with Gasteiger partial charge >= 0.3 is 0 Å². The molecule has 1 saturated heterocycles. The van der Waals surface area contributed by atoms with Crippen LogP contribution in [0.3, 0.4) is 0 Å². The molecule has 4 aliphatic rings. The van der Waals surface area contributed by atoms with Gasteiger partial charge in [-0.3, -0.25) is 4.98 Å². The highest BCUT2D eigenvalue weighted by Gasteiger charge is 2.47. The Bertz CT molecular complexity index is 981. The lowest BCUT2D eigenvalue weighted by atomic mass is 10.1. The van der Waals surface area contributed by atoms with Crippen molar-refractivity contribution in [2.45, 2.75) is 57.8 Å². The van der Waals surface area contributed by atoms with E-state index in [1.165, 1.54) is 73.9 Å². The van der Waals surface area contributed by atoms with Crippen molar-refractivity contribution in [1.29, 1.82) is 0 Å². The van der Waals surface area contributed by atoms with E-state index in [2.05, 4.69) is 22.3 Å². The summed E-state index contributed by atoms with van der Waals surface area (Å²) in [6.45, 7) is 5.51. The molecule has 3 fully saturated rings. The van der Waals surface area contributed by atoms with Crippen molar-refractivity contribution in [3.8, 4) is 11.5 Å². The highest BCUT2D eigenvalue weighted by Crippen LogP contribution is 2.52. The molecule has 0 atom stereocenters. The number of likely N-dealkylation sites (tertiary alicyclic amines) is 1.